The van der Waals surface area contributed by atoms with Crippen molar-refractivity contribution in [3.63, 3.8) is 0 Å². The Labute approximate surface area is 270 Å². The predicted molar refractivity (Wildman–Crippen MR) is 190 cm³/mol. The molecule has 0 fully saturated rings. The minimum absolute atomic E-state index is 0.178. The van der Waals surface area contributed by atoms with Crippen LogP contribution >= 0.6 is 0 Å². The van der Waals surface area contributed by atoms with E-state index in [-0.39, 0.29) is 15.8 Å². The zero-order valence-corrected chi connectivity index (χ0v) is 29.6. The summed E-state index contributed by atoms with van der Waals surface area (Å²) >= 11 is 0. The highest BCUT2D eigenvalue weighted by atomic mass is 28.2. The molecule has 0 spiro atoms. The molecule has 240 valence electrons. The lowest BCUT2D eigenvalue weighted by atomic mass is 9.94. The number of unbranched alkanes of at least 4 members (excludes halogenated alkanes) is 7. The molecule has 1 aromatic heterocycles. The van der Waals surface area contributed by atoms with Crippen molar-refractivity contribution in [2.45, 2.75) is 136 Å². The third-order valence-electron chi connectivity index (χ3n) is 9.33. The van der Waals surface area contributed by atoms with Gasteiger partial charge in [0.15, 0.2) is 17.3 Å². The molecule has 2 heterocycles. The molecule has 0 saturated carbocycles. The summed E-state index contributed by atoms with van der Waals surface area (Å²) < 4.78 is 12.1. The second kappa shape index (κ2) is 19.0. The van der Waals surface area contributed by atoms with Crippen LogP contribution in [0.4, 0.5) is 0 Å². The summed E-state index contributed by atoms with van der Waals surface area (Å²) in [6.45, 7) is 9.45. The number of nitrogens with zero attached hydrogens (tertiary/aromatic N) is 2. The molecule has 0 amide bonds. The van der Waals surface area contributed by atoms with E-state index in [9.17, 15) is 0 Å². The van der Waals surface area contributed by atoms with Gasteiger partial charge in [-0.2, -0.15) is 0 Å². The fourth-order valence-electron chi connectivity index (χ4n) is 6.47. The van der Waals surface area contributed by atoms with E-state index in [1.807, 2.05) is 30.6 Å². The van der Waals surface area contributed by atoms with Crippen LogP contribution in [0.2, 0.25) is 6.04 Å². The molecule has 3 atom stereocenters. The highest BCUT2D eigenvalue weighted by Crippen LogP contribution is 2.38. The van der Waals surface area contributed by atoms with Crippen LogP contribution in [0.5, 0.6) is 11.5 Å². The van der Waals surface area contributed by atoms with Gasteiger partial charge in [-0.1, -0.05) is 147 Å². The normalized spacial score (nSPS) is 15.7. The summed E-state index contributed by atoms with van der Waals surface area (Å²) in [4.78, 5) is 9.56. The first-order valence-electron chi connectivity index (χ1n) is 17.9. The van der Waals surface area contributed by atoms with Crippen molar-refractivity contribution < 1.29 is 9.47 Å². The van der Waals surface area contributed by atoms with E-state index in [2.05, 4.69) is 52.0 Å². The molecule has 0 aliphatic carbocycles. The van der Waals surface area contributed by atoms with Crippen LogP contribution in [0.3, 0.4) is 0 Å². The Morgan fingerprint density at radius 2 is 1.32 bits per heavy atom. The molecule has 3 unspecified atom stereocenters. The van der Waals surface area contributed by atoms with Crippen LogP contribution in [0.15, 0.2) is 54.9 Å². The van der Waals surface area contributed by atoms with Gasteiger partial charge in [0.05, 0.1) is 9.52 Å². The van der Waals surface area contributed by atoms with Crippen LogP contribution in [-0.2, 0) is 0 Å². The van der Waals surface area contributed by atoms with E-state index >= 15 is 0 Å². The van der Waals surface area contributed by atoms with Crippen molar-refractivity contribution in [1.29, 1.82) is 0 Å². The van der Waals surface area contributed by atoms with E-state index < -0.39 is 0 Å². The highest BCUT2D eigenvalue weighted by Gasteiger charge is 2.24. The summed E-state index contributed by atoms with van der Waals surface area (Å²) in [5.74, 6) is 4.08. The van der Waals surface area contributed by atoms with Gasteiger partial charge in [-0.3, -0.25) is 0 Å². The number of benzene rings is 2. The quantitative estimate of drug-likeness (QED) is 0.0884. The van der Waals surface area contributed by atoms with Crippen LogP contribution in [0, 0.1) is 11.8 Å². The molecule has 1 aliphatic rings. The van der Waals surface area contributed by atoms with Gasteiger partial charge in [0.25, 0.3) is 0 Å². The molecule has 5 heteroatoms. The number of rotatable bonds is 21. The lowest BCUT2D eigenvalue weighted by molar-refractivity contribution is 0.0395. The van der Waals surface area contributed by atoms with Crippen molar-refractivity contribution in [2.24, 2.45) is 11.8 Å². The molecule has 0 bridgehead atoms. The largest absolute Gasteiger partial charge is 0.451 e. The van der Waals surface area contributed by atoms with Crippen molar-refractivity contribution in [3.8, 4) is 34.0 Å². The van der Waals surface area contributed by atoms with Crippen LogP contribution < -0.4 is 14.7 Å². The molecule has 1 aliphatic heterocycles. The van der Waals surface area contributed by atoms with Crippen LogP contribution in [-0.4, -0.2) is 25.8 Å². The monoisotopic (exact) mass is 614 g/mol. The molecule has 0 radical (unpaired) electrons. The summed E-state index contributed by atoms with van der Waals surface area (Å²) in [5, 5.41) is 1.53. The molecule has 4 nitrogen and oxygen atoms in total. The molecular formula is C39H58N2O2Si. The Hall–Kier alpha value is -2.66. The number of aromatic nitrogens is 2. The van der Waals surface area contributed by atoms with Crippen LogP contribution in [0.1, 0.15) is 124 Å². The maximum absolute atomic E-state index is 6.12. The summed E-state index contributed by atoms with van der Waals surface area (Å²) in [5.41, 5.74) is 3.38. The van der Waals surface area contributed by atoms with Crippen molar-refractivity contribution in [3.05, 3.63) is 54.9 Å². The minimum atomic E-state index is -0.349. The van der Waals surface area contributed by atoms with Crippen molar-refractivity contribution in [1.82, 2.24) is 9.97 Å². The van der Waals surface area contributed by atoms with Gasteiger partial charge in [-0.25, -0.2) is 9.97 Å². The van der Waals surface area contributed by atoms with Gasteiger partial charge in [0.1, 0.15) is 0 Å². The average Bonchev–Trinajstić information content (AvgIpc) is 3.46. The third kappa shape index (κ3) is 11.0. The minimum Gasteiger partial charge on any atom is -0.451 e. The maximum Gasteiger partial charge on any atom is 0.241 e. The Morgan fingerprint density at radius 3 is 2.07 bits per heavy atom. The fourth-order valence-corrected chi connectivity index (χ4v) is 8.65. The number of ether oxygens (including phenoxy) is 2. The Balaban J connectivity index is 1.23. The number of fused-ring (bicyclic) bond motifs is 1. The Morgan fingerprint density at radius 1 is 0.682 bits per heavy atom. The molecule has 0 saturated heterocycles. The lowest BCUT2D eigenvalue weighted by Gasteiger charge is -2.14. The van der Waals surface area contributed by atoms with E-state index in [4.69, 9.17) is 19.4 Å². The molecular weight excluding hydrogens is 557 g/mol. The van der Waals surface area contributed by atoms with E-state index in [0.717, 1.165) is 53.1 Å². The molecule has 0 N–H and O–H groups in total. The Bertz CT molecular complexity index is 1230. The summed E-state index contributed by atoms with van der Waals surface area (Å²) in [6, 6.07) is 16.3. The van der Waals surface area contributed by atoms with Crippen molar-refractivity contribution in [2.75, 3.05) is 0 Å². The predicted octanol–water partition coefficient (Wildman–Crippen LogP) is 10.3. The molecule has 44 heavy (non-hydrogen) atoms. The second-order valence-electron chi connectivity index (χ2n) is 13.4. The zero-order chi connectivity index (χ0) is 31.0. The first-order chi connectivity index (χ1) is 21.6. The van der Waals surface area contributed by atoms with Gasteiger partial charge < -0.3 is 9.47 Å². The van der Waals surface area contributed by atoms with E-state index in [1.54, 1.807) is 0 Å². The molecule has 2 aromatic carbocycles. The van der Waals surface area contributed by atoms with Gasteiger partial charge >= 0.3 is 0 Å². The first-order valence-corrected chi connectivity index (χ1v) is 19.7. The van der Waals surface area contributed by atoms with Gasteiger partial charge in [-0.05, 0) is 42.0 Å². The van der Waals surface area contributed by atoms with Gasteiger partial charge in [-0.15, -0.1) is 0 Å². The number of hydrogen-bond acceptors (Lipinski definition) is 4. The zero-order valence-electron chi connectivity index (χ0n) is 28.2. The second-order valence-corrected chi connectivity index (χ2v) is 15.3. The summed E-state index contributed by atoms with van der Waals surface area (Å²) in [7, 11) is -0.349. The highest BCUT2D eigenvalue weighted by molar-refractivity contribution is 6.55. The fraction of sp³-hybridized carbons (Fsp3) is 0.590. The SMILES string of the molecule is CCCCCCCC1Oc2ccc(-c3ncc(-c4ccccc4[SiH2]CCC(C)CCCCC(C)CCCCC)cn3)cc2O1. The van der Waals surface area contributed by atoms with E-state index in [1.165, 1.54) is 100 Å². The third-order valence-corrected chi connectivity index (χ3v) is 11.2. The number of hydrogen-bond donors (Lipinski definition) is 0. The smallest absolute Gasteiger partial charge is 0.241 e. The van der Waals surface area contributed by atoms with Crippen molar-refractivity contribution >= 4 is 14.7 Å². The van der Waals surface area contributed by atoms with Crippen LogP contribution in [0.25, 0.3) is 22.5 Å². The molecule has 3 aromatic rings. The van der Waals surface area contributed by atoms with E-state index in [0.29, 0.717) is 0 Å². The first kappa shape index (κ1) is 34.2. The van der Waals surface area contributed by atoms with Gasteiger partial charge in [0, 0.05) is 29.9 Å². The van der Waals surface area contributed by atoms with Gasteiger partial charge in [0.2, 0.25) is 6.29 Å². The maximum atomic E-state index is 6.12. The Kier molecular flexibility index (Phi) is 14.8. The standard InChI is InChI=1S/C39H58N2O2Si/c1-5-7-9-10-12-22-38-42-35-24-23-32(27-36(35)43-38)39-40-28-33(29-41-39)34-20-15-16-21-37(34)44-26-25-31(4)19-14-13-18-30(3)17-11-8-6-2/h15-16,20-21,23-24,27-31,38H,5-14,17-19,22,25-26,44H2,1-4H3. The lowest BCUT2D eigenvalue weighted by Crippen LogP contribution is -2.17. The summed E-state index contributed by atoms with van der Waals surface area (Å²) in [6.07, 6.45) is 23.5. The molecule has 4 rings (SSSR count). The average molecular weight is 615 g/mol. The topological polar surface area (TPSA) is 44.2 Å².